The Morgan fingerprint density at radius 3 is 2.67 bits per heavy atom. The van der Waals surface area contributed by atoms with Crippen molar-refractivity contribution in [2.24, 2.45) is 0 Å². The number of hydrogen-bond donors (Lipinski definition) is 0. The Hall–Kier alpha value is -1.19. The van der Waals surface area contributed by atoms with Gasteiger partial charge in [-0.1, -0.05) is 41.1 Å². The van der Waals surface area contributed by atoms with Gasteiger partial charge in [0.25, 0.3) is 0 Å². The minimum absolute atomic E-state index is 0.419. The third kappa shape index (κ3) is 4.94. The molecular weight excluding hydrogens is 352 g/mol. The lowest BCUT2D eigenvalue weighted by Crippen LogP contribution is -2.00. The number of rotatable bonds is 7. The summed E-state index contributed by atoms with van der Waals surface area (Å²) in [7, 11) is 0. The van der Waals surface area contributed by atoms with Gasteiger partial charge in [-0.2, -0.15) is 0 Å². The zero-order chi connectivity index (χ0) is 15.1. The van der Waals surface area contributed by atoms with Crippen LogP contribution in [0.5, 0.6) is 11.5 Å². The summed E-state index contributed by atoms with van der Waals surface area (Å²) in [5, 5.41) is 0. The molecule has 2 aromatic rings. The highest BCUT2D eigenvalue weighted by Gasteiger charge is 2.06. The second-order valence-electron chi connectivity index (χ2n) is 4.67. The second kappa shape index (κ2) is 8.30. The van der Waals surface area contributed by atoms with Gasteiger partial charge in [0.15, 0.2) is 0 Å². The van der Waals surface area contributed by atoms with Gasteiger partial charge in [0.1, 0.15) is 18.1 Å². The van der Waals surface area contributed by atoms with E-state index in [0.717, 1.165) is 33.5 Å². The fraction of sp³-hybridized carbons (Fsp3) is 0.294. The summed E-state index contributed by atoms with van der Waals surface area (Å²) in [6.07, 6.45) is 0.978. The Morgan fingerprint density at radius 1 is 1.10 bits per heavy atom. The summed E-state index contributed by atoms with van der Waals surface area (Å²) in [4.78, 5) is 0. The molecule has 0 bridgehead atoms. The van der Waals surface area contributed by atoms with Gasteiger partial charge in [-0.3, -0.25) is 0 Å². The summed E-state index contributed by atoms with van der Waals surface area (Å²) in [5.41, 5.74) is 2.07. The molecule has 0 amide bonds. The molecule has 0 saturated carbocycles. The molecule has 0 heterocycles. The van der Waals surface area contributed by atoms with Crippen molar-refractivity contribution < 1.29 is 9.47 Å². The van der Waals surface area contributed by atoms with Crippen LogP contribution in [0, 0.1) is 0 Å². The lowest BCUT2D eigenvalue weighted by Gasteiger charge is -2.13. The van der Waals surface area contributed by atoms with Crippen LogP contribution in [-0.4, -0.2) is 6.61 Å². The van der Waals surface area contributed by atoms with Crippen molar-refractivity contribution in [2.75, 3.05) is 6.61 Å². The average Bonchev–Trinajstić information content (AvgIpc) is 2.51. The molecule has 2 aromatic carbocycles. The van der Waals surface area contributed by atoms with Crippen LogP contribution in [-0.2, 0) is 12.5 Å². The molecule has 0 fully saturated rings. The molecule has 0 atom stereocenters. The molecule has 4 heteroatoms. The Labute approximate surface area is 139 Å². The standard InChI is InChI=1S/C17H18BrClO2/c1-2-8-20-16-7-6-14(11-19)17(10-16)21-12-13-4-3-5-15(18)9-13/h3-7,9-10H,2,8,11-12H2,1H3. The maximum absolute atomic E-state index is 5.97. The highest BCUT2D eigenvalue weighted by molar-refractivity contribution is 9.10. The Bertz CT molecular complexity index is 587. The summed E-state index contributed by atoms with van der Waals surface area (Å²) in [6, 6.07) is 13.8. The fourth-order valence-corrected chi connectivity index (χ4v) is 2.54. The topological polar surface area (TPSA) is 18.5 Å². The maximum atomic E-state index is 5.97. The van der Waals surface area contributed by atoms with Crippen LogP contribution in [0.1, 0.15) is 24.5 Å². The first-order chi connectivity index (χ1) is 10.2. The lowest BCUT2D eigenvalue weighted by atomic mass is 10.2. The van der Waals surface area contributed by atoms with Crippen molar-refractivity contribution >= 4 is 27.5 Å². The van der Waals surface area contributed by atoms with Crippen LogP contribution >= 0.6 is 27.5 Å². The SMILES string of the molecule is CCCOc1ccc(CCl)c(OCc2cccc(Br)c2)c1. The van der Waals surface area contributed by atoms with Crippen LogP contribution in [0.15, 0.2) is 46.9 Å². The van der Waals surface area contributed by atoms with E-state index < -0.39 is 0 Å². The molecule has 0 radical (unpaired) electrons. The average molecular weight is 370 g/mol. The molecule has 0 saturated heterocycles. The van der Waals surface area contributed by atoms with Crippen molar-refractivity contribution in [3.63, 3.8) is 0 Å². The molecular formula is C17H18BrClO2. The quantitative estimate of drug-likeness (QED) is 0.595. The molecule has 0 aliphatic rings. The molecule has 0 unspecified atom stereocenters. The van der Waals surface area contributed by atoms with E-state index in [0.29, 0.717) is 19.1 Å². The third-order valence-electron chi connectivity index (χ3n) is 2.94. The van der Waals surface area contributed by atoms with Gasteiger partial charge in [0, 0.05) is 16.1 Å². The maximum Gasteiger partial charge on any atom is 0.127 e. The summed E-state index contributed by atoms with van der Waals surface area (Å²) >= 11 is 9.43. The smallest absolute Gasteiger partial charge is 0.127 e. The van der Waals surface area contributed by atoms with Gasteiger partial charge in [-0.25, -0.2) is 0 Å². The first-order valence-corrected chi connectivity index (χ1v) is 8.24. The van der Waals surface area contributed by atoms with Gasteiger partial charge in [-0.15, -0.1) is 11.6 Å². The molecule has 112 valence electrons. The van der Waals surface area contributed by atoms with Gasteiger partial charge < -0.3 is 9.47 Å². The van der Waals surface area contributed by atoms with Crippen LogP contribution in [0.3, 0.4) is 0 Å². The van der Waals surface area contributed by atoms with Crippen LogP contribution in [0.2, 0.25) is 0 Å². The highest BCUT2D eigenvalue weighted by atomic mass is 79.9. The lowest BCUT2D eigenvalue weighted by molar-refractivity contribution is 0.293. The minimum atomic E-state index is 0.419. The number of halogens is 2. The monoisotopic (exact) mass is 368 g/mol. The van der Waals surface area contributed by atoms with Crippen molar-refractivity contribution in [2.45, 2.75) is 25.8 Å². The normalized spacial score (nSPS) is 10.4. The number of benzene rings is 2. The zero-order valence-electron chi connectivity index (χ0n) is 11.9. The molecule has 2 nitrogen and oxygen atoms in total. The van der Waals surface area contributed by atoms with Crippen molar-refractivity contribution in [1.82, 2.24) is 0 Å². The third-order valence-corrected chi connectivity index (χ3v) is 3.72. The van der Waals surface area contributed by atoms with Crippen molar-refractivity contribution in [3.8, 4) is 11.5 Å². The van der Waals surface area contributed by atoms with E-state index in [9.17, 15) is 0 Å². The van der Waals surface area contributed by atoms with Gasteiger partial charge >= 0.3 is 0 Å². The first-order valence-electron chi connectivity index (χ1n) is 6.92. The van der Waals surface area contributed by atoms with Crippen LogP contribution in [0.4, 0.5) is 0 Å². The fourth-order valence-electron chi connectivity index (χ4n) is 1.88. The van der Waals surface area contributed by atoms with E-state index in [2.05, 4.69) is 22.9 Å². The van der Waals surface area contributed by atoms with Gasteiger partial charge in [0.05, 0.1) is 12.5 Å². The predicted octanol–water partition coefficient (Wildman–Crippen LogP) is 5.56. The summed E-state index contributed by atoms with van der Waals surface area (Å²) in [5.74, 6) is 2.01. The molecule has 0 aliphatic heterocycles. The van der Waals surface area contributed by atoms with E-state index in [1.54, 1.807) is 0 Å². The van der Waals surface area contributed by atoms with Crippen molar-refractivity contribution in [1.29, 1.82) is 0 Å². The first kappa shape index (κ1) is 16.2. The van der Waals surface area contributed by atoms with E-state index in [4.69, 9.17) is 21.1 Å². The van der Waals surface area contributed by atoms with Gasteiger partial charge in [0.2, 0.25) is 0 Å². The molecule has 0 aromatic heterocycles. The molecule has 0 spiro atoms. The van der Waals surface area contributed by atoms with Crippen molar-refractivity contribution in [3.05, 3.63) is 58.1 Å². The predicted molar refractivity (Wildman–Crippen MR) is 90.3 cm³/mol. The molecule has 0 aliphatic carbocycles. The van der Waals surface area contributed by atoms with Gasteiger partial charge in [-0.05, 0) is 30.2 Å². The number of hydrogen-bond acceptors (Lipinski definition) is 2. The van der Waals surface area contributed by atoms with Crippen LogP contribution < -0.4 is 9.47 Å². The van der Waals surface area contributed by atoms with E-state index in [1.807, 2.05) is 42.5 Å². The van der Waals surface area contributed by atoms with E-state index in [1.165, 1.54) is 0 Å². The van der Waals surface area contributed by atoms with E-state index in [-0.39, 0.29) is 0 Å². The molecule has 2 rings (SSSR count). The highest BCUT2D eigenvalue weighted by Crippen LogP contribution is 2.27. The van der Waals surface area contributed by atoms with E-state index >= 15 is 0 Å². The summed E-state index contributed by atoms with van der Waals surface area (Å²) < 4.78 is 12.6. The molecule has 21 heavy (non-hydrogen) atoms. The second-order valence-corrected chi connectivity index (χ2v) is 5.85. The Balaban J connectivity index is 2.09. The minimum Gasteiger partial charge on any atom is -0.493 e. The Morgan fingerprint density at radius 2 is 1.95 bits per heavy atom. The summed E-state index contributed by atoms with van der Waals surface area (Å²) in [6.45, 7) is 3.28. The zero-order valence-corrected chi connectivity index (χ0v) is 14.3. The number of alkyl halides is 1. The Kier molecular flexibility index (Phi) is 6.40. The largest absolute Gasteiger partial charge is 0.493 e. The molecule has 0 N–H and O–H groups in total. The number of ether oxygens (including phenoxy) is 2. The van der Waals surface area contributed by atoms with Crippen LogP contribution in [0.25, 0.3) is 0 Å².